The van der Waals surface area contributed by atoms with E-state index in [1.165, 1.54) is 0 Å². The van der Waals surface area contributed by atoms with E-state index in [0.29, 0.717) is 16.5 Å². The molecule has 1 amide bonds. The minimum absolute atomic E-state index is 0.112. The normalized spacial score (nSPS) is 18.3. The Kier molecular flexibility index (Phi) is 4.35. The Morgan fingerprint density at radius 3 is 2.42 bits per heavy atom. The molecule has 26 heavy (non-hydrogen) atoms. The van der Waals surface area contributed by atoms with Crippen molar-refractivity contribution in [3.63, 3.8) is 0 Å². The molecular formula is C21H16Cl2N2O. The van der Waals surface area contributed by atoms with Gasteiger partial charge < -0.3 is 10.6 Å². The second kappa shape index (κ2) is 6.67. The van der Waals surface area contributed by atoms with E-state index >= 15 is 0 Å². The highest BCUT2D eigenvalue weighted by molar-refractivity contribution is 6.31. The third kappa shape index (κ3) is 3.05. The number of para-hydroxylation sites is 1. The van der Waals surface area contributed by atoms with Gasteiger partial charge in [0.2, 0.25) is 0 Å². The van der Waals surface area contributed by atoms with E-state index in [1.54, 1.807) is 12.1 Å². The van der Waals surface area contributed by atoms with Gasteiger partial charge in [0, 0.05) is 33.4 Å². The number of rotatable bonds is 4. The first-order valence-electron chi connectivity index (χ1n) is 8.26. The van der Waals surface area contributed by atoms with Crippen molar-refractivity contribution in [3.8, 4) is 0 Å². The van der Waals surface area contributed by atoms with Crippen LogP contribution in [0.1, 0.15) is 11.1 Å². The van der Waals surface area contributed by atoms with Crippen molar-refractivity contribution in [2.45, 2.75) is 12.0 Å². The molecule has 0 bridgehead atoms. The van der Waals surface area contributed by atoms with E-state index in [1.807, 2.05) is 60.7 Å². The lowest BCUT2D eigenvalue weighted by Gasteiger charge is -2.30. The zero-order valence-corrected chi connectivity index (χ0v) is 15.3. The smallest absolute Gasteiger partial charge is 0.255 e. The monoisotopic (exact) mass is 382 g/mol. The molecule has 0 radical (unpaired) electrons. The van der Waals surface area contributed by atoms with Gasteiger partial charge in [-0.1, -0.05) is 59.6 Å². The van der Waals surface area contributed by atoms with Crippen molar-refractivity contribution < 1.29 is 4.79 Å². The van der Waals surface area contributed by atoms with Gasteiger partial charge in [0.05, 0.1) is 0 Å². The van der Waals surface area contributed by atoms with E-state index in [9.17, 15) is 4.79 Å². The van der Waals surface area contributed by atoms with E-state index in [0.717, 1.165) is 22.5 Å². The van der Waals surface area contributed by atoms with Crippen molar-refractivity contribution in [2.75, 3.05) is 10.6 Å². The zero-order chi connectivity index (χ0) is 18.1. The largest absolute Gasteiger partial charge is 0.367 e. The predicted octanol–water partition coefficient (Wildman–Crippen LogP) is 5.50. The summed E-state index contributed by atoms with van der Waals surface area (Å²) in [6.07, 6.45) is 0.461. The number of carbonyl (C=O) groups is 1. The Labute approximate surface area is 162 Å². The van der Waals surface area contributed by atoms with Crippen LogP contribution in [0.2, 0.25) is 10.0 Å². The summed E-state index contributed by atoms with van der Waals surface area (Å²) in [6.45, 7) is 0. The lowest BCUT2D eigenvalue weighted by molar-refractivity contribution is -0.119. The van der Waals surface area contributed by atoms with Gasteiger partial charge in [-0.2, -0.15) is 0 Å². The highest BCUT2D eigenvalue weighted by Crippen LogP contribution is 2.42. The van der Waals surface area contributed by atoms with Crippen molar-refractivity contribution >= 4 is 40.5 Å². The number of halogens is 2. The lowest BCUT2D eigenvalue weighted by Crippen LogP contribution is -2.44. The number of nitrogens with one attached hydrogen (secondary N) is 2. The van der Waals surface area contributed by atoms with Gasteiger partial charge in [-0.3, -0.25) is 4.79 Å². The van der Waals surface area contributed by atoms with E-state index in [-0.39, 0.29) is 5.91 Å². The molecule has 3 nitrogen and oxygen atoms in total. The van der Waals surface area contributed by atoms with E-state index < -0.39 is 5.54 Å². The Bertz CT molecular complexity index is 975. The number of benzene rings is 3. The Morgan fingerprint density at radius 2 is 1.65 bits per heavy atom. The molecule has 3 aromatic rings. The molecule has 0 saturated heterocycles. The van der Waals surface area contributed by atoms with Crippen LogP contribution in [-0.2, 0) is 16.8 Å². The molecule has 1 atom stereocenters. The number of anilines is 2. The molecule has 4 rings (SSSR count). The Morgan fingerprint density at radius 1 is 0.885 bits per heavy atom. The van der Waals surface area contributed by atoms with Crippen LogP contribution in [0.25, 0.3) is 0 Å². The molecule has 0 saturated carbocycles. The van der Waals surface area contributed by atoms with E-state index in [2.05, 4.69) is 10.6 Å². The zero-order valence-electron chi connectivity index (χ0n) is 13.8. The topological polar surface area (TPSA) is 41.1 Å². The summed E-state index contributed by atoms with van der Waals surface area (Å²) in [5, 5.41) is 7.65. The van der Waals surface area contributed by atoms with Crippen molar-refractivity contribution in [2.24, 2.45) is 0 Å². The molecule has 5 heteroatoms. The number of carbonyl (C=O) groups excluding carboxylic acids is 1. The summed E-state index contributed by atoms with van der Waals surface area (Å²) < 4.78 is 0. The van der Waals surface area contributed by atoms with Crippen LogP contribution in [0, 0.1) is 0 Å². The first-order valence-corrected chi connectivity index (χ1v) is 9.02. The molecule has 0 aromatic heterocycles. The fourth-order valence-electron chi connectivity index (χ4n) is 3.41. The molecule has 1 heterocycles. The van der Waals surface area contributed by atoms with Gasteiger partial charge in [0.1, 0.15) is 5.54 Å². The number of fused-ring (bicyclic) bond motifs is 1. The molecule has 130 valence electrons. The molecule has 1 aliphatic rings. The van der Waals surface area contributed by atoms with Crippen LogP contribution in [0.5, 0.6) is 0 Å². The van der Waals surface area contributed by atoms with Crippen molar-refractivity contribution in [1.29, 1.82) is 0 Å². The minimum Gasteiger partial charge on any atom is -0.367 e. The lowest BCUT2D eigenvalue weighted by atomic mass is 9.84. The summed E-state index contributed by atoms with van der Waals surface area (Å²) in [5.74, 6) is -0.112. The quantitative estimate of drug-likeness (QED) is 0.625. The second-order valence-corrected chi connectivity index (χ2v) is 7.22. The van der Waals surface area contributed by atoms with Crippen LogP contribution < -0.4 is 10.6 Å². The highest BCUT2D eigenvalue weighted by Gasteiger charge is 2.47. The van der Waals surface area contributed by atoms with E-state index in [4.69, 9.17) is 23.2 Å². The van der Waals surface area contributed by atoms with Crippen molar-refractivity contribution in [3.05, 3.63) is 94.0 Å². The standard InChI is InChI=1S/C21H16Cl2N2O/c22-15-6-4-5-14(11-15)13-21(25-17-7-2-1-3-8-17)18-10-9-16(23)12-19(18)24-20(21)26/h1-12,25H,13H2,(H,24,26). The fraction of sp³-hybridized carbons (Fsp3) is 0.0952. The van der Waals surface area contributed by atoms with Gasteiger partial charge in [-0.05, 0) is 42.0 Å². The first kappa shape index (κ1) is 17.0. The number of hydrogen-bond acceptors (Lipinski definition) is 2. The summed E-state index contributed by atoms with van der Waals surface area (Å²) in [6, 6.07) is 22.8. The van der Waals surface area contributed by atoms with Crippen LogP contribution in [-0.4, -0.2) is 5.91 Å². The first-order chi connectivity index (χ1) is 12.6. The van der Waals surface area contributed by atoms with Crippen molar-refractivity contribution in [1.82, 2.24) is 0 Å². The van der Waals surface area contributed by atoms with Crippen LogP contribution in [0.15, 0.2) is 72.8 Å². The third-order valence-electron chi connectivity index (χ3n) is 4.57. The Hall–Kier alpha value is -2.49. The average Bonchev–Trinajstić information content (AvgIpc) is 2.86. The van der Waals surface area contributed by atoms with Crippen LogP contribution in [0.3, 0.4) is 0 Å². The minimum atomic E-state index is -0.939. The summed E-state index contributed by atoms with van der Waals surface area (Å²) >= 11 is 12.3. The molecule has 3 aromatic carbocycles. The predicted molar refractivity (Wildman–Crippen MR) is 107 cm³/mol. The van der Waals surface area contributed by atoms with Crippen LogP contribution in [0.4, 0.5) is 11.4 Å². The second-order valence-electron chi connectivity index (χ2n) is 6.35. The average molecular weight is 383 g/mol. The fourth-order valence-corrected chi connectivity index (χ4v) is 3.79. The van der Waals surface area contributed by atoms with Gasteiger partial charge in [-0.25, -0.2) is 0 Å². The maximum absolute atomic E-state index is 13.1. The van der Waals surface area contributed by atoms with Gasteiger partial charge in [-0.15, -0.1) is 0 Å². The maximum Gasteiger partial charge on any atom is 0.255 e. The van der Waals surface area contributed by atoms with Crippen LogP contribution >= 0.6 is 23.2 Å². The molecular weight excluding hydrogens is 367 g/mol. The maximum atomic E-state index is 13.1. The summed E-state index contributed by atoms with van der Waals surface area (Å²) in [4.78, 5) is 13.1. The summed E-state index contributed by atoms with van der Waals surface area (Å²) in [5.41, 5.74) is 2.50. The molecule has 0 aliphatic carbocycles. The SMILES string of the molecule is O=C1Nc2cc(Cl)ccc2C1(Cc1cccc(Cl)c1)Nc1ccccc1. The van der Waals surface area contributed by atoms with Gasteiger partial charge in [0.25, 0.3) is 5.91 Å². The Balaban J connectivity index is 1.84. The third-order valence-corrected chi connectivity index (χ3v) is 5.04. The molecule has 1 aliphatic heterocycles. The number of amides is 1. The number of hydrogen-bond donors (Lipinski definition) is 2. The molecule has 0 spiro atoms. The molecule has 2 N–H and O–H groups in total. The molecule has 0 fully saturated rings. The highest BCUT2D eigenvalue weighted by atomic mass is 35.5. The van der Waals surface area contributed by atoms with Gasteiger partial charge >= 0.3 is 0 Å². The summed E-state index contributed by atoms with van der Waals surface area (Å²) in [7, 11) is 0. The molecule has 1 unspecified atom stereocenters. The van der Waals surface area contributed by atoms with Gasteiger partial charge in [0.15, 0.2) is 0 Å².